The molecule has 0 bridgehead atoms. The molecule has 0 radical (unpaired) electrons. The summed E-state index contributed by atoms with van der Waals surface area (Å²) < 4.78 is 10.5. The fourth-order valence-electron chi connectivity index (χ4n) is 6.62. The van der Waals surface area contributed by atoms with Crippen LogP contribution in [0.25, 0.3) is 0 Å². The van der Waals surface area contributed by atoms with Crippen LogP contribution >= 0.6 is 0 Å². The van der Waals surface area contributed by atoms with Gasteiger partial charge in [-0.15, -0.1) is 0 Å². The van der Waals surface area contributed by atoms with Gasteiger partial charge in [0.25, 0.3) is 0 Å². The zero-order valence-electron chi connectivity index (χ0n) is 32.5. The first-order chi connectivity index (χ1) is 23.6. The predicted octanol–water partition coefficient (Wildman–Crippen LogP) is 13.5. The third kappa shape index (κ3) is 37.7. The average molecular weight is 681 g/mol. The van der Waals surface area contributed by atoms with Crippen LogP contribution in [0.1, 0.15) is 245 Å². The van der Waals surface area contributed by atoms with E-state index in [0.717, 1.165) is 38.5 Å². The summed E-state index contributed by atoms with van der Waals surface area (Å²) in [6, 6.07) is 0. The minimum atomic E-state index is -0.759. The maximum atomic E-state index is 12.1. The van der Waals surface area contributed by atoms with Crippen molar-refractivity contribution in [3.05, 3.63) is 0 Å². The SMILES string of the molecule is CCCCCCCCCCCCCCCCCCCCCCCCCCCCCCCC(=O)OC(CO)COC(=O)CCCCCCC. The summed E-state index contributed by atoms with van der Waals surface area (Å²) in [6.07, 6.45) is 45.3. The van der Waals surface area contributed by atoms with Gasteiger partial charge in [0, 0.05) is 12.8 Å². The number of aliphatic hydroxyl groups is 1. The summed E-state index contributed by atoms with van der Waals surface area (Å²) in [5.74, 6) is -0.591. The molecule has 0 amide bonds. The van der Waals surface area contributed by atoms with Crippen molar-refractivity contribution in [1.29, 1.82) is 0 Å². The molecule has 0 saturated carbocycles. The van der Waals surface area contributed by atoms with Gasteiger partial charge in [0.2, 0.25) is 0 Å². The minimum absolute atomic E-state index is 0.0599. The number of carbonyl (C=O) groups is 2. The van der Waals surface area contributed by atoms with Gasteiger partial charge in [-0.2, -0.15) is 0 Å². The lowest BCUT2D eigenvalue weighted by Crippen LogP contribution is -2.28. The van der Waals surface area contributed by atoms with Crippen LogP contribution in [0.15, 0.2) is 0 Å². The Balaban J connectivity index is 3.31. The van der Waals surface area contributed by atoms with Gasteiger partial charge < -0.3 is 14.6 Å². The molecule has 0 heterocycles. The zero-order chi connectivity index (χ0) is 35.0. The summed E-state index contributed by atoms with van der Waals surface area (Å²) in [5, 5.41) is 9.47. The Morgan fingerprint density at radius 1 is 0.396 bits per heavy atom. The van der Waals surface area contributed by atoms with Crippen molar-refractivity contribution in [2.45, 2.75) is 251 Å². The van der Waals surface area contributed by atoms with Crippen LogP contribution in [-0.4, -0.2) is 36.4 Å². The maximum absolute atomic E-state index is 12.1. The first-order valence-corrected chi connectivity index (χ1v) is 21.6. The standard InChI is InChI=1S/C43H84O5/c1-3-5-7-9-10-11-12-13-14-15-16-17-18-19-20-21-22-23-24-25-26-27-28-29-30-31-32-34-36-38-43(46)48-41(39-44)40-47-42(45)37-35-33-8-6-4-2/h41,44H,3-40H2,1-2H3. The van der Waals surface area contributed by atoms with Crippen molar-refractivity contribution >= 4 is 11.9 Å². The Kier molecular flexibility index (Phi) is 39.4. The van der Waals surface area contributed by atoms with Gasteiger partial charge in [-0.25, -0.2) is 0 Å². The van der Waals surface area contributed by atoms with Crippen molar-refractivity contribution in [3.8, 4) is 0 Å². The lowest BCUT2D eigenvalue weighted by atomic mass is 10.0. The van der Waals surface area contributed by atoms with Crippen LogP contribution in [0.3, 0.4) is 0 Å². The number of hydrogen-bond donors (Lipinski definition) is 1. The number of ether oxygens (including phenoxy) is 2. The van der Waals surface area contributed by atoms with Gasteiger partial charge >= 0.3 is 11.9 Å². The Hall–Kier alpha value is -1.10. The van der Waals surface area contributed by atoms with Gasteiger partial charge in [0.1, 0.15) is 6.61 Å². The zero-order valence-corrected chi connectivity index (χ0v) is 32.5. The van der Waals surface area contributed by atoms with Crippen LogP contribution in [0.2, 0.25) is 0 Å². The molecular formula is C43H84O5. The molecule has 0 aromatic rings. The van der Waals surface area contributed by atoms with Gasteiger partial charge in [-0.3, -0.25) is 9.59 Å². The Bertz CT molecular complexity index is 651. The molecule has 48 heavy (non-hydrogen) atoms. The Morgan fingerprint density at radius 3 is 0.917 bits per heavy atom. The van der Waals surface area contributed by atoms with Crippen molar-refractivity contribution in [2.75, 3.05) is 13.2 Å². The first-order valence-electron chi connectivity index (χ1n) is 21.6. The highest BCUT2D eigenvalue weighted by atomic mass is 16.6. The van der Waals surface area contributed by atoms with Crippen LogP contribution in [0.5, 0.6) is 0 Å². The molecule has 0 aliphatic carbocycles. The molecule has 286 valence electrons. The molecule has 0 spiro atoms. The second-order valence-electron chi connectivity index (χ2n) is 14.8. The van der Waals surface area contributed by atoms with Crippen molar-refractivity contribution in [3.63, 3.8) is 0 Å². The van der Waals surface area contributed by atoms with E-state index < -0.39 is 6.10 Å². The Morgan fingerprint density at radius 2 is 0.646 bits per heavy atom. The third-order valence-corrected chi connectivity index (χ3v) is 9.90. The lowest BCUT2D eigenvalue weighted by Gasteiger charge is -2.15. The number of rotatable bonds is 40. The van der Waals surface area contributed by atoms with Crippen molar-refractivity contribution in [1.82, 2.24) is 0 Å². The van der Waals surface area contributed by atoms with E-state index in [0.29, 0.717) is 12.8 Å². The number of esters is 2. The summed E-state index contributed by atoms with van der Waals surface area (Å²) in [5.41, 5.74) is 0. The highest BCUT2D eigenvalue weighted by Crippen LogP contribution is 2.17. The molecule has 0 rings (SSSR count). The number of unbranched alkanes of at least 4 members (excludes halogenated alkanes) is 32. The quantitative estimate of drug-likeness (QED) is 0.0515. The number of carbonyl (C=O) groups excluding carboxylic acids is 2. The van der Waals surface area contributed by atoms with Gasteiger partial charge in [0.15, 0.2) is 6.10 Å². The predicted molar refractivity (Wildman–Crippen MR) is 205 cm³/mol. The number of aliphatic hydroxyl groups excluding tert-OH is 1. The van der Waals surface area contributed by atoms with Crippen molar-refractivity contribution < 1.29 is 24.2 Å². The lowest BCUT2D eigenvalue weighted by molar-refractivity contribution is -0.161. The minimum Gasteiger partial charge on any atom is -0.462 e. The molecule has 0 aromatic heterocycles. The summed E-state index contributed by atoms with van der Waals surface area (Å²) in [4.78, 5) is 24.0. The van der Waals surface area contributed by atoms with Crippen LogP contribution < -0.4 is 0 Å². The number of hydrogen-bond acceptors (Lipinski definition) is 5. The van der Waals surface area contributed by atoms with E-state index in [9.17, 15) is 14.7 Å². The van der Waals surface area contributed by atoms with Gasteiger partial charge in [-0.1, -0.05) is 219 Å². The molecule has 5 heteroatoms. The molecule has 5 nitrogen and oxygen atoms in total. The fourth-order valence-corrected chi connectivity index (χ4v) is 6.62. The molecule has 1 N–H and O–H groups in total. The Labute approximate surface area is 299 Å². The summed E-state index contributed by atoms with van der Waals surface area (Å²) in [7, 11) is 0. The topological polar surface area (TPSA) is 72.8 Å². The van der Waals surface area contributed by atoms with E-state index in [-0.39, 0.29) is 25.2 Å². The fraction of sp³-hybridized carbons (Fsp3) is 0.953. The van der Waals surface area contributed by atoms with Gasteiger partial charge in [0.05, 0.1) is 6.61 Å². The van der Waals surface area contributed by atoms with E-state index in [1.807, 2.05) is 0 Å². The van der Waals surface area contributed by atoms with Gasteiger partial charge in [-0.05, 0) is 12.8 Å². The summed E-state index contributed by atoms with van der Waals surface area (Å²) in [6.45, 7) is 4.08. The second kappa shape index (κ2) is 40.3. The summed E-state index contributed by atoms with van der Waals surface area (Å²) >= 11 is 0. The van der Waals surface area contributed by atoms with Crippen LogP contribution in [0, 0.1) is 0 Å². The first kappa shape index (κ1) is 46.9. The van der Waals surface area contributed by atoms with E-state index in [1.165, 1.54) is 180 Å². The maximum Gasteiger partial charge on any atom is 0.306 e. The van der Waals surface area contributed by atoms with E-state index in [1.54, 1.807) is 0 Å². The molecule has 0 aromatic carbocycles. The van der Waals surface area contributed by atoms with Crippen molar-refractivity contribution in [2.24, 2.45) is 0 Å². The molecule has 0 fully saturated rings. The molecule has 0 aliphatic heterocycles. The van der Waals surface area contributed by atoms with Crippen LogP contribution in [-0.2, 0) is 19.1 Å². The second-order valence-corrected chi connectivity index (χ2v) is 14.8. The molecule has 0 aliphatic rings. The monoisotopic (exact) mass is 681 g/mol. The average Bonchev–Trinajstić information content (AvgIpc) is 3.09. The smallest absolute Gasteiger partial charge is 0.306 e. The highest BCUT2D eigenvalue weighted by molar-refractivity contribution is 5.70. The molecule has 0 saturated heterocycles. The molecular weight excluding hydrogens is 596 g/mol. The third-order valence-electron chi connectivity index (χ3n) is 9.90. The normalized spacial score (nSPS) is 12.0. The molecule has 1 atom stereocenters. The van der Waals surface area contributed by atoms with E-state index in [4.69, 9.17) is 9.47 Å². The van der Waals surface area contributed by atoms with E-state index >= 15 is 0 Å². The largest absolute Gasteiger partial charge is 0.462 e. The highest BCUT2D eigenvalue weighted by Gasteiger charge is 2.16. The molecule has 1 unspecified atom stereocenters. The van der Waals surface area contributed by atoms with Crippen LogP contribution in [0.4, 0.5) is 0 Å². The van der Waals surface area contributed by atoms with E-state index in [2.05, 4.69) is 13.8 Å².